The van der Waals surface area contributed by atoms with Gasteiger partial charge in [0.1, 0.15) is 0 Å². The first-order chi connectivity index (χ1) is 10.7. The molecule has 0 radical (unpaired) electrons. The normalized spacial score (nSPS) is 20.3. The Kier molecular flexibility index (Phi) is 5.61. The fourth-order valence-electron chi connectivity index (χ4n) is 2.63. The molecule has 0 spiro atoms. The van der Waals surface area contributed by atoms with Gasteiger partial charge in [-0.15, -0.1) is 0 Å². The van der Waals surface area contributed by atoms with Crippen molar-refractivity contribution >= 4 is 20.0 Å². The molecule has 23 heavy (non-hydrogen) atoms. The van der Waals surface area contributed by atoms with Gasteiger partial charge < -0.3 is 0 Å². The standard InChI is InChI=1S/C15H22N2O4S2/c1-3-22(18,19)16-11-14-7-5-9-17(12-14)23(20,21)15-8-4-6-13(2)10-15/h3-4,6,8,10,14,16H,1,5,7,9,11-12H2,2H3. The van der Waals surface area contributed by atoms with Crippen molar-refractivity contribution in [2.45, 2.75) is 24.7 Å². The van der Waals surface area contributed by atoms with Crippen LogP contribution in [-0.4, -0.2) is 40.8 Å². The lowest BCUT2D eigenvalue weighted by Crippen LogP contribution is -2.43. The maximum Gasteiger partial charge on any atom is 0.243 e. The van der Waals surface area contributed by atoms with Crippen LogP contribution in [0.1, 0.15) is 18.4 Å². The summed E-state index contributed by atoms with van der Waals surface area (Å²) in [5, 5.41) is 0.858. The van der Waals surface area contributed by atoms with Gasteiger partial charge in [0.2, 0.25) is 20.0 Å². The summed E-state index contributed by atoms with van der Waals surface area (Å²) in [6.07, 6.45) is 1.50. The molecule has 6 nitrogen and oxygen atoms in total. The zero-order chi connectivity index (χ0) is 17.1. The van der Waals surface area contributed by atoms with Crippen LogP contribution >= 0.6 is 0 Å². The smallest absolute Gasteiger partial charge is 0.211 e. The van der Waals surface area contributed by atoms with E-state index in [4.69, 9.17) is 0 Å². The Balaban J connectivity index is 2.10. The third-order valence-electron chi connectivity index (χ3n) is 3.90. The zero-order valence-electron chi connectivity index (χ0n) is 13.1. The molecule has 0 aromatic heterocycles. The SMILES string of the molecule is C=CS(=O)(=O)NCC1CCCN(S(=O)(=O)c2cccc(C)c2)C1. The zero-order valence-corrected chi connectivity index (χ0v) is 14.7. The van der Waals surface area contributed by atoms with E-state index >= 15 is 0 Å². The number of aryl methyl sites for hydroxylation is 1. The topological polar surface area (TPSA) is 83.6 Å². The summed E-state index contributed by atoms with van der Waals surface area (Å²) in [7, 11) is -7.02. The molecule has 0 bridgehead atoms. The lowest BCUT2D eigenvalue weighted by molar-refractivity contribution is 0.267. The molecule has 1 aliphatic heterocycles. The van der Waals surface area contributed by atoms with Crippen LogP contribution in [0.15, 0.2) is 41.1 Å². The van der Waals surface area contributed by atoms with E-state index in [2.05, 4.69) is 11.3 Å². The number of rotatable bonds is 6. The Morgan fingerprint density at radius 2 is 2.09 bits per heavy atom. The molecule has 0 aliphatic carbocycles. The predicted molar refractivity (Wildman–Crippen MR) is 89.8 cm³/mol. The average Bonchev–Trinajstić information content (AvgIpc) is 2.53. The van der Waals surface area contributed by atoms with E-state index in [1.807, 2.05) is 13.0 Å². The van der Waals surface area contributed by atoms with Crippen molar-refractivity contribution in [2.24, 2.45) is 5.92 Å². The van der Waals surface area contributed by atoms with Gasteiger partial charge >= 0.3 is 0 Å². The molecular formula is C15H22N2O4S2. The van der Waals surface area contributed by atoms with E-state index < -0.39 is 20.0 Å². The lowest BCUT2D eigenvalue weighted by atomic mass is 10.0. The summed E-state index contributed by atoms with van der Waals surface area (Å²) in [5.41, 5.74) is 0.887. The number of piperidine rings is 1. The van der Waals surface area contributed by atoms with Gasteiger partial charge in [0.05, 0.1) is 4.90 Å². The molecule has 1 aromatic rings. The molecule has 1 N–H and O–H groups in total. The minimum Gasteiger partial charge on any atom is -0.211 e. The van der Waals surface area contributed by atoms with Crippen LogP contribution in [0.4, 0.5) is 0 Å². The molecule has 128 valence electrons. The number of benzene rings is 1. The first-order valence-electron chi connectivity index (χ1n) is 7.43. The van der Waals surface area contributed by atoms with Crippen molar-refractivity contribution in [3.05, 3.63) is 41.8 Å². The van der Waals surface area contributed by atoms with E-state index in [1.165, 1.54) is 4.31 Å². The summed E-state index contributed by atoms with van der Waals surface area (Å²) in [5.74, 6) is -0.0435. The molecule has 1 atom stereocenters. The second-order valence-corrected chi connectivity index (χ2v) is 9.40. The minimum absolute atomic E-state index is 0.0435. The van der Waals surface area contributed by atoms with Crippen molar-refractivity contribution in [1.82, 2.24) is 9.03 Å². The van der Waals surface area contributed by atoms with Crippen molar-refractivity contribution in [1.29, 1.82) is 0 Å². The number of sulfonamides is 2. The minimum atomic E-state index is -3.54. The number of hydrogen-bond acceptors (Lipinski definition) is 4. The van der Waals surface area contributed by atoms with Crippen LogP contribution in [0.5, 0.6) is 0 Å². The molecule has 1 aromatic carbocycles. The third-order valence-corrected chi connectivity index (χ3v) is 6.77. The highest BCUT2D eigenvalue weighted by atomic mass is 32.2. The molecular weight excluding hydrogens is 336 g/mol. The molecule has 1 aliphatic rings. The molecule has 2 rings (SSSR count). The maximum absolute atomic E-state index is 12.7. The molecule has 8 heteroatoms. The first kappa shape index (κ1) is 18.1. The predicted octanol–water partition coefficient (Wildman–Crippen LogP) is 1.46. The molecule has 0 saturated carbocycles. The van der Waals surface area contributed by atoms with Crippen LogP contribution in [0, 0.1) is 12.8 Å². The Morgan fingerprint density at radius 3 is 2.74 bits per heavy atom. The lowest BCUT2D eigenvalue weighted by Gasteiger charge is -2.32. The quantitative estimate of drug-likeness (QED) is 0.834. The van der Waals surface area contributed by atoms with Crippen LogP contribution in [0.2, 0.25) is 0 Å². The van der Waals surface area contributed by atoms with Crippen LogP contribution in [-0.2, 0) is 20.0 Å². The maximum atomic E-state index is 12.7. The molecule has 1 unspecified atom stereocenters. The van der Waals surface area contributed by atoms with E-state index in [0.29, 0.717) is 19.5 Å². The van der Waals surface area contributed by atoms with Crippen LogP contribution in [0.25, 0.3) is 0 Å². The molecule has 0 amide bonds. The first-order valence-corrected chi connectivity index (χ1v) is 10.4. The molecule has 1 saturated heterocycles. The van der Waals surface area contributed by atoms with E-state index in [9.17, 15) is 16.8 Å². The van der Waals surface area contributed by atoms with Crippen molar-refractivity contribution in [2.75, 3.05) is 19.6 Å². The second-order valence-electron chi connectivity index (χ2n) is 5.75. The number of hydrogen-bond donors (Lipinski definition) is 1. The van der Waals surface area contributed by atoms with Crippen molar-refractivity contribution in [3.8, 4) is 0 Å². The van der Waals surface area contributed by atoms with E-state index in [0.717, 1.165) is 17.4 Å². The van der Waals surface area contributed by atoms with Gasteiger partial charge in [0.15, 0.2) is 0 Å². The van der Waals surface area contributed by atoms with E-state index in [-0.39, 0.29) is 17.4 Å². The second kappa shape index (κ2) is 7.12. The largest absolute Gasteiger partial charge is 0.243 e. The fourth-order valence-corrected chi connectivity index (χ4v) is 4.88. The Bertz CT molecular complexity index is 772. The van der Waals surface area contributed by atoms with Crippen molar-refractivity contribution < 1.29 is 16.8 Å². The highest BCUT2D eigenvalue weighted by molar-refractivity contribution is 7.92. The summed E-state index contributed by atoms with van der Waals surface area (Å²) in [4.78, 5) is 0.282. The molecule has 1 fully saturated rings. The summed E-state index contributed by atoms with van der Waals surface area (Å²) >= 11 is 0. The van der Waals surface area contributed by atoms with E-state index in [1.54, 1.807) is 18.2 Å². The van der Waals surface area contributed by atoms with Crippen molar-refractivity contribution in [3.63, 3.8) is 0 Å². The number of nitrogens with one attached hydrogen (secondary N) is 1. The summed E-state index contributed by atoms with van der Waals surface area (Å²) < 4.78 is 52.1. The van der Waals surface area contributed by atoms with Gasteiger partial charge in [-0.25, -0.2) is 21.6 Å². The third kappa shape index (κ3) is 4.63. The van der Waals surface area contributed by atoms with Gasteiger partial charge in [-0.3, -0.25) is 0 Å². The Morgan fingerprint density at radius 1 is 1.35 bits per heavy atom. The molecule has 1 heterocycles. The Labute approximate surface area is 138 Å². The Hall–Kier alpha value is -1.22. The van der Waals surface area contributed by atoms with Gasteiger partial charge in [-0.05, 0) is 43.4 Å². The van der Waals surface area contributed by atoms with Gasteiger partial charge in [0.25, 0.3) is 0 Å². The highest BCUT2D eigenvalue weighted by Crippen LogP contribution is 2.24. The fraction of sp³-hybridized carbons (Fsp3) is 0.467. The van der Waals surface area contributed by atoms with Crippen LogP contribution in [0.3, 0.4) is 0 Å². The number of nitrogens with zero attached hydrogens (tertiary/aromatic N) is 1. The van der Waals surface area contributed by atoms with Crippen LogP contribution < -0.4 is 4.72 Å². The summed E-state index contributed by atoms with van der Waals surface area (Å²) in [6.45, 7) is 6.08. The van der Waals surface area contributed by atoms with Gasteiger partial charge in [0, 0.05) is 25.0 Å². The summed E-state index contributed by atoms with van der Waals surface area (Å²) in [6, 6.07) is 6.82. The highest BCUT2D eigenvalue weighted by Gasteiger charge is 2.30. The average molecular weight is 358 g/mol. The monoisotopic (exact) mass is 358 g/mol. The van der Waals surface area contributed by atoms with Gasteiger partial charge in [-0.2, -0.15) is 4.31 Å². The van der Waals surface area contributed by atoms with Gasteiger partial charge in [-0.1, -0.05) is 18.7 Å².